The Morgan fingerprint density at radius 3 is 1.39 bits per heavy atom. The number of carbonyl (C=O) groups excluding carboxylic acids is 1. The Morgan fingerprint density at radius 1 is 0.493 bits per heavy atom. The topological polar surface area (TPSA) is 214 Å². The number of aliphatic hydroxyl groups is 7. The molecule has 14 heteroatoms. The van der Waals surface area contributed by atoms with Crippen molar-refractivity contribution in [1.29, 1.82) is 0 Å². The molecule has 0 radical (unpaired) electrons. The van der Waals surface area contributed by atoms with Crippen LogP contribution in [0.3, 0.4) is 0 Å². The molecule has 69 heavy (non-hydrogen) atoms. The molecule has 2 aliphatic rings. The van der Waals surface area contributed by atoms with Crippen LogP contribution >= 0.6 is 0 Å². The van der Waals surface area contributed by atoms with Gasteiger partial charge in [-0.1, -0.05) is 183 Å². The first kappa shape index (κ1) is 62.5. The van der Waals surface area contributed by atoms with E-state index in [1.807, 2.05) is 12.2 Å². The van der Waals surface area contributed by atoms with Gasteiger partial charge < -0.3 is 64.2 Å². The number of hydrogen-bond donors (Lipinski definition) is 7. The zero-order valence-electron chi connectivity index (χ0n) is 42.3. The van der Waals surface area contributed by atoms with Gasteiger partial charge in [0.15, 0.2) is 12.6 Å². The molecular formula is C55H94O14. The molecule has 0 saturated carbocycles. The summed E-state index contributed by atoms with van der Waals surface area (Å²) in [7, 11) is 0. The Balaban J connectivity index is 1.80. The minimum absolute atomic E-state index is 0.0298. The second kappa shape index (κ2) is 42.0. The van der Waals surface area contributed by atoms with Gasteiger partial charge in [-0.05, 0) is 51.4 Å². The monoisotopic (exact) mass is 979 g/mol. The Morgan fingerprint density at radius 2 is 0.913 bits per heavy atom. The van der Waals surface area contributed by atoms with E-state index in [0.717, 1.165) is 57.8 Å². The fourth-order valence-corrected chi connectivity index (χ4v) is 7.96. The average Bonchev–Trinajstić information content (AvgIpc) is 3.35. The minimum Gasteiger partial charge on any atom is -0.457 e. The van der Waals surface area contributed by atoms with Gasteiger partial charge >= 0.3 is 5.97 Å². The van der Waals surface area contributed by atoms with E-state index in [4.69, 9.17) is 28.4 Å². The first-order valence-corrected chi connectivity index (χ1v) is 26.5. The molecule has 0 aliphatic carbocycles. The summed E-state index contributed by atoms with van der Waals surface area (Å²) in [6.07, 6.45) is 35.5. The summed E-state index contributed by atoms with van der Waals surface area (Å²) in [5, 5.41) is 72.2. The standard InChI is InChI=1S/C55H94O14/c1-3-5-7-9-11-13-15-17-19-21-22-23-24-26-28-30-32-34-36-38-47(57)67-44(41-64-39-37-35-33-31-29-27-25-20-18-16-14-12-10-8-6-4-2)42-65-54-53(63)51(61)49(59)46(69-54)43-66-55-52(62)50(60)48(58)45(40-56)68-55/h5,7,11,13,17,19,22-23,26,28,32,34,44-46,48-56,58-63H,3-4,6,8-10,12,14-16,18,20-21,24-25,27,29-31,33,35-43H2,1-2H3/b7-5-,13-11-,19-17-,23-22-,28-26-,34-32-. The Bertz CT molecular complexity index is 1410. The molecule has 14 nitrogen and oxygen atoms in total. The molecule has 0 aromatic heterocycles. The first-order valence-electron chi connectivity index (χ1n) is 26.5. The zero-order valence-corrected chi connectivity index (χ0v) is 42.3. The Hall–Kier alpha value is -2.57. The van der Waals surface area contributed by atoms with Crippen LogP contribution in [-0.4, -0.2) is 142 Å². The van der Waals surface area contributed by atoms with Crippen molar-refractivity contribution in [3.8, 4) is 0 Å². The lowest BCUT2D eigenvalue weighted by molar-refractivity contribution is -0.332. The molecule has 2 fully saturated rings. The maximum absolute atomic E-state index is 13.0. The lowest BCUT2D eigenvalue weighted by Gasteiger charge is -2.42. The lowest BCUT2D eigenvalue weighted by atomic mass is 9.98. The molecular weight excluding hydrogens is 885 g/mol. The van der Waals surface area contributed by atoms with E-state index in [1.54, 1.807) is 0 Å². The fraction of sp³-hybridized carbons (Fsp3) is 0.764. The van der Waals surface area contributed by atoms with Crippen LogP contribution in [-0.2, 0) is 33.2 Å². The van der Waals surface area contributed by atoms with E-state index in [9.17, 15) is 40.5 Å². The summed E-state index contributed by atoms with van der Waals surface area (Å²) < 4.78 is 34.2. The van der Waals surface area contributed by atoms with Crippen molar-refractivity contribution >= 4 is 5.97 Å². The van der Waals surface area contributed by atoms with Crippen molar-refractivity contribution in [2.45, 2.75) is 235 Å². The molecule has 0 amide bonds. The molecule has 0 bridgehead atoms. The highest BCUT2D eigenvalue weighted by atomic mass is 16.7. The van der Waals surface area contributed by atoms with Gasteiger partial charge in [0.1, 0.15) is 54.9 Å². The molecule has 11 unspecified atom stereocenters. The molecule has 7 N–H and O–H groups in total. The molecule has 398 valence electrons. The van der Waals surface area contributed by atoms with E-state index in [2.05, 4.69) is 74.6 Å². The van der Waals surface area contributed by atoms with Crippen LogP contribution in [0.2, 0.25) is 0 Å². The third-order valence-corrected chi connectivity index (χ3v) is 12.2. The SMILES string of the molecule is CC/C=C\C/C=C\C/C=C\C/C=C\C/C=C\C/C=C\CCC(=O)OC(COCCCCCCCCCCCCCCCCCC)COC1OC(COC2OC(CO)C(O)C(O)C2O)C(O)C(O)C1O. The molecule has 11 atom stereocenters. The van der Waals surface area contributed by atoms with Gasteiger partial charge in [0.25, 0.3) is 0 Å². The van der Waals surface area contributed by atoms with Crippen LogP contribution in [0.1, 0.15) is 168 Å². The second-order valence-electron chi connectivity index (χ2n) is 18.3. The summed E-state index contributed by atoms with van der Waals surface area (Å²) in [5.74, 6) is -0.458. The first-order chi connectivity index (χ1) is 33.6. The van der Waals surface area contributed by atoms with E-state index < -0.39 is 86.7 Å². The maximum Gasteiger partial charge on any atom is 0.306 e. The molecule has 2 heterocycles. The average molecular weight is 979 g/mol. The van der Waals surface area contributed by atoms with Gasteiger partial charge in [-0.15, -0.1) is 0 Å². The number of rotatable bonds is 41. The van der Waals surface area contributed by atoms with Crippen LogP contribution in [0.4, 0.5) is 0 Å². The van der Waals surface area contributed by atoms with Gasteiger partial charge in [-0.3, -0.25) is 4.79 Å². The van der Waals surface area contributed by atoms with Gasteiger partial charge in [0.05, 0.1) is 26.4 Å². The zero-order chi connectivity index (χ0) is 50.2. The second-order valence-corrected chi connectivity index (χ2v) is 18.3. The number of allylic oxidation sites excluding steroid dienone is 12. The van der Waals surface area contributed by atoms with Crippen molar-refractivity contribution in [1.82, 2.24) is 0 Å². The van der Waals surface area contributed by atoms with Gasteiger partial charge in [-0.25, -0.2) is 0 Å². The highest BCUT2D eigenvalue weighted by Crippen LogP contribution is 2.26. The number of esters is 1. The molecule has 2 rings (SSSR count). The van der Waals surface area contributed by atoms with Gasteiger partial charge in [0.2, 0.25) is 0 Å². The summed E-state index contributed by atoms with van der Waals surface area (Å²) in [4.78, 5) is 13.0. The lowest BCUT2D eigenvalue weighted by Crippen LogP contribution is -2.61. The Labute approximate surface area is 415 Å². The fourth-order valence-electron chi connectivity index (χ4n) is 7.96. The largest absolute Gasteiger partial charge is 0.457 e. The third-order valence-electron chi connectivity index (χ3n) is 12.2. The number of ether oxygens (including phenoxy) is 6. The van der Waals surface area contributed by atoms with E-state index in [0.29, 0.717) is 13.0 Å². The van der Waals surface area contributed by atoms with Crippen molar-refractivity contribution in [2.24, 2.45) is 0 Å². The number of carbonyl (C=O) groups is 1. The number of hydrogen-bond acceptors (Lipinski definition) is 14. The highest BCUT2D eigenvalue weighted by molar-refractivity contribution is 5.69. The summed E-state index contributed by atoms with van der Waals surface area (Å²) in [5.41, 5.74) is 0. The van der Waals surface area contributed by atoms with Crippen LogP contribution in [0.5, 0.6) is 0 Å². The van der Waals surface area contributed by atoms with Crippen LogP contribution in [0.25, 0.3) is 0 Å². The smallest absolute Gasteiger partial charge is 0.306 e. The molecule has 2 saturated heterocycles. The van der Waals surface area contributed by atoms with Gasteiger partial charge in [0, 0.05) is 13.0 Å². The quantitative estimate of drug-likeness (QED) is 0.0175. The van der Waals surface area contributed by atoms with Crippen molar-refractivity contribution in [2.75, 3.05) is 33.0 Å². The predicted octanol–water partition coefficient (Wildman–Crippen LogP) is 8.29. The normalized spacial score (nSPS) is 26.3. The Kier molecular flexibility index (Phi) is 38.1. The number of unbranched alkanes of at least 4 members (excludes halogenated alkanes) is 15. The molecule has 0 spiro atoms. The maximum atomic E-state index is 13.0. The molecule has 0 aromatic rings. The van der Waals surface area contributed by atoms with Crippen LogP contribution in [0.15, 0.2) is 72.9 Å². The molecule has 2 aliphatic heterocycles. The summed E-state index contributed by atoms with van der Waals surface area (Å²) in [6, 6.07) is 0. The van der Waals surface area contributed by atoms with E-state index >= 15 is 0 Å². The summed E-state index contributed by atoms with van der Waals surface area (Å²) >= 11 is 0. The van der Waals surface area contributed by atoms with Gasteiger partial charge in [-0.2, -0.15) is 0 Å². The van der Waals surface area contributed by atoms with Crippen molar-refractivity contribution in [3.05, 3.63) is 72.9 Å². The molecule has 0 aromatic carbocycles. The highest BCUT2D eigenvalue weighted by Gasteiger charge is 2.47. The van der Waals surface area contributed by atoms with E-state index in [1.165, 1.54) is 83.5 Å². The number of aliphatic hydroxyl groups excluding tert-OH is 7. The minimum atomic E-state index is -1.72. The van der Waals surface area contributed by atoms with Crippen molar-refractivity contribution < 1.29 is 69.0 Å². The van der Waals surface area contributed by atoms with Crippen LogP contribution in [0, 0.1) is 0 Å². The summed E-state index contributed by atoms with van der Waals surface area (Å²) in [6.45, 7) is 3.48. The van der Waals surface area contributed by atoms with Crippen LogP contribution < -0.4 is 0 Å². The van der Waals surface area contributed by atoms with E-state index in [-0.39, 0.29) is 19.6 Å². The van der Waals surface area contributed by atoms with Crippen molar-refractivity contribution in [3.63, 3.8) is 0 Å². The predicted molar refractivity (Wildman–Crippen MR) is 270 cm³/mol. The third kappa shape index (κ3) is 29.5.